The van der Waals surface area contributed by atoms with Gasteiger partial charge in [-0.05, 0) is 27.7 Å². The smallest absolute Gasteiger partial charge is 0.264 e. The average Bonchev–Trinajstić information content (AvgIpc) is 2.15. The first-order valence-electron chi connectivity index (χ1n) is 6.45. The number of hydrogen-bond donors (Lipinski definition) is 2. The number of nitrogens with zero attached hydrogens (tertiary/aromatic N) is 1. The van der Waals surface area contributed by atoms with Crippen molar-refractivity contribution in [2.24, 2.45) is 4.52 Å². The Labute approximate surface area is 108 Å². The zero-order valence-electron chi connectivity index (χ0n) is 12.5. The zero-order valence-corrected chi connectivity index (χ0v) is 14.3. The van der Waals surface area contributed by atoms with Crippen molar-refractivity contribution >= 4 is 14.9 Å². The fraction of sp³-hybridized carbons (Fsp3) is 1.00. The van der Waals surface area contributed by atoms with Gasteiger partial charge in [-0.1, -0.05) is 32.2 Å². The Morgan fingerprint density at radius 2 is 1.12 bits per heavy atom. The molecule has 104 valence electrons. The fourth-order valence-corrected chi connectivity index (χ4v) is 9.36. The van der Waals surface area contributed by atoms with Gasteiger partial charge in [0.15, 0.2) is 0 Å². The highest BCUT2D eigenvalue weighted by molar-refractivity contribution is 7.78. The van der Waals surface area contributed by atoms with Crippen LogP contribution in [0, 0.1) is 0 Å². The van der Waals surface area contributed by atoms with Crippen LogP contribution in [0.2, 0.25) is 0 Å². The molecule has 0 aliphatic heterocycles. The van der Waals surface area contributed by atoms with Crippen molar-refractivity contribution in [1.82, 2.24) is 0 Å². The highest BCUT2D eigenvalue weighted by atomic mass is 31.2. The van der Waals surface area contributed by atoms with Gasteiger partial charge in [-0.25, -0.2) is 4.89 Å². The lowest BCUT2D eigenvalue weighted by Crippen LogP contribution is -2.16. The summed E-state index contributed by atoms with van der Waals surface area (Å²) in [6.45, 7) is 16.0. The Bertz CT molecular complexity index is 279. The van der Waals surface area contributed by atoms with Crippen LogP contribution in [0.5, 0.6) is 0 Å². The summed E-state index contributed by atoms with van der Waals surface area (Å²) < 4.78 is 4.67. The van der Waals surface area contributed by atoms with E-state index in [2.05, 4.69) is 4.52 Å². The van der Waals surface area contributed by atoms with Crippen LogP contribution in [0.4, 0.5) is 0 Å². The Morgan fingerprint density at radius 1 is 0.824 bits per heavy atom. The minimum Gasteiger partial charge on any atom is -0.356 e. The van der Waals surface area contributed by atoms with Gasteiger partial charge >= 0.3 is 0 Å². The van der Waals surface area contributed by atoms with Gasteiger partial charge in [0.1, 0.15) is 18.6 Å². The first-order chi connectivity index (χ1) is 7.48. The van der Waals surface area contributed by atoms with Crippen molar-refractivity contribution in [2.75, 3.05) is 0 Å². The van der Waals surface area contributed by atoms with Gasteiger partial charge in [-0.15, -0.1) is 0 Å². The van der Waals surface area contributed by atoms with E-state index in [1.807, 2.05) is 55.4 Å². The van der Waals surface area contributed by atoms with E-state index >= 15 is 0 Å². The molecule has 5 heteroatoms. The average molecular weight is 282 g/mol. The Hall–Kier alpha value is 0.580. The van der Waals surface area contributed by atoms with E-state index in [1.165, 1.54) is 0 Å². The summed E-state index contributed by atoms with van der Waals surface area (Å²) in [6.07, 6.45) is 0. The van der Waals surface area contributed by atoms with Crippen LogP contribution in [0.1, 0.15) is 55.4 Å². The van der Waals surface area contributed by atoms with Gasteiger partial charge in [0.2, 0.25) is 0 Å². The summed E-state index contributed by atoms with van der Waals surface area (Å²) in [7, 11) is -4.84. The molecule has 0 aromatic rings. The van der Waals surface area contributed by atoms with Crippen LogP contribution in [0.25, 0.3) is 0 Å². The van der Waals surface area contributed by atoms with Gasteiger partial charge in [-0.3, -0.25) is 0 Å². The first kappa shape index (κ1) is 17.6. The first-order valence-corrected chi connectivity index (χ1v) is 10.1. The van der Waals surface area contributed by atoms with Gasteiger partial charge in [0, 0.05) is 11.3 Å². The molecule has 0 fully saturated rings. The summed E-state index contributed by atoms with van der Waals surface area (Å²) in [5, 5.41) is 0. The minimum absolute atomic E-state index is 0.117. The van der Waals surface area contributed by atoms with Crippen LogP contribution >= 0.6 is 14.9 Å². The molecular weight excluding hydrogens is 252 g/mol. The predicted octanol–water partition coefficient (Wildman–Crippen LogP) is 4.57. The van der Waals surface area contributed by atoms with Crippen LogP contribution in [-0.4, -0.2) is 32.4 Å². The van der Waals surface area contributed by atoms with E-state index in [0.717, 1.165) is 0 Å². The fourth-order valence-electron chi connectivity index (χ4n) is 1.84. The molecule has 0 saturated heterocycles. The van der Waals surface area contributed by atoms with Gasteiger partial charge in [-0.2, -0.15) is 0 Å². The topological polar surface area (TPSA) is 52.8 Å². The maximum atomic E-state index is 10.8. The lowest BCUT2D eigenvalue weighted by molar-refractivity contribution is 0.562. The molecule has 0 bridgehead atoms. The van der Waals surface area contributed by atoms with E-state index < -0.39 is 14.9 Å². The normalized spacial score (nSPS) is 14.2. The van der Waals surface area contributed by atoms with Crippen LogP contribution in [0.3, 0.4) is 0 Å². The lowest BCUT2D eigenvalue weighted by atomic mass is 10.5. The molecule has 0 spiro atoms. The molecule has 0 unspecified atom stereocenters. The molecule has 0 radical (unpaired) electrons. The van der Waals surface area contributed by atoms with Crippen LogP contribution < -0.4 is 0 Å². The van der Waals surface area contributed by atoms with E-state index in [9.17, 15) is 9.79 Å². The molecule has 0 rings (SSSR count). The summed E-state index contributed by atoms with van der Waals surface area (Å²) in [5.74, 6) is 0. The molecule has 0 aliphatic rings. The third-order valence-corrected chi connectivity index (χ3v) is 11.7. The zero-order chi connectivity index (χ0) is 14.0. The quantitative estimate of drug-likeness (QED) is 0.726. The standard InChI is InChI=1S/C12H30NO2P2/c1-9(2)16(14,10(3)4)13-17(15,11(5)6)12(7)8/h9-12,14-15H,1-8H3/q+1. The third-order valence-electron chi connectivity index (χ3n) is 3.33. The van der Waals surface area contributed by atoms with Crippen molar-refractivity contribution in [3.8, 4) is 0 Å². The Morgan fingerprint density at radius 3 is 1.29 bits per heavy atom. The van der Waals surface area contributed by atoms with E-state index in [4.69, 9.17) is 0 Å². The number of hydrogen-bond acceptors (Lipinski definition) is 2. The van der Waals surface area contributed by atoms with Crippen molar-refractivity contribution < 1.29 is 9.79 Å². The molecule has 0 atom stereocenters. The van der Waals surface area contributed by atoms with E-state index in [1.54, 1.807) is 0 Å². The molecule has 2 N–H and O–H groups in total. The molecule has 0 aromatic heterocycles. The highest BCUT2D eigenvalue weighted by Crippen LogP contribution is 2.73. The summed E-state index contributed by atoms with van der Waals surface area (Å²) in [6, 6.07) is 0. The van der Waals surface area contributed by atoms with Crippen molar-refractivity contribution in [3.63, 3.8) is 0 Å². The van der Waals surface area contributed by atoms with Gasteiger partial charge in [0.05, 0.1) is 0 Å². The summed E-state index contributed by atoms with van der Waals surface area (Å²) in [4.78, 5) is 21.6. The van der Waals surface area contributed by atoms with Crippen molar-refractivity contribution in [2.45, 2.75) is 78.0 Å². The summed E-state index contributed by atoms with van der Waals surface area (Å²) in [5.41, 5.74) is 0.469. The molecule has 0 aliphatic carbocycles. The van der Waals surface area contributed by atoms with Crippen LogP contribution in [0.15, 0.2) is 4.52 Å². The molecule has 0 heterocycles. The molecule has 17 heavy (non-hydrogen) atoms. The molecule has 0 saturated carbocycles. The van der Waals surface area contributed by atoms with Crippen molar-refractivity contribution in [1.29, 1.82) is 0 Å². The SMILES string of the molecule is CC(C)P(O)(=N[P+](O)(C(C)C)C(C)C)C(C)C. The van der Waals surface area contributed by atoms with Crippen molar-refractivity contribution in [3.05, 3.63) is 0 Å². The largest absolute Gasteiger partial charge is 0.356 e. The molecule has 0 amide bonds. The Balaban J connectivity index is 5.73. The highest BCUT2D eigenvalue weighted by Gasteiger charge is 2.47. The second-order valence-corrected chi connectivity index (χ2v) is 13.5. The minimum atomic E-state index is -2.42. The molecular formula is C12H30NO2P2+. The van der Waals surface area contributed by atoms with Gasteiger partial charge in [0.25, 0.3) is 7.64 Å². The van der Waals surface area contributed by atoms with E-state index in [0.29, 0.717) is 0 Å². The Kier molecular flexibility index (Phi) is 6.36. The third kappa shape index (κ3) is 3.77. The number of rotatable bonds is 5. The van der Waals surface area contributed by atoms with Gasteiger partial charge < -0.3 is 4.89 Å². The summed E-state index contributed by atoms with van der Waals surface area (Å²) >= 11 is 0. The van der Waals surface area contributed by atoms with Crippen LogP contribution in [-0.2, 0) is 0 Å². The molecule has 0 aromatic carbocycles. The predicted molar refractivity (Wildman–Crippen MR) is 81.2 cm³/mol. The molecule has 3 nitrogen and oxygen atoms in total. The second-order valence-electron chi connectivity index (χ2n) is 5.87. The lowest BCUT2D eigenvalue weighted by Gasteiger charge is -2.30. The maximum Gasteiger partial charge on any atom is 0.264 e. The monoisotopic (exact) mass is 282 g/mol. The second kappa shape index (κ2) is 6.15. The van der Waals surface area contributed by atoms with E-state index in [-0.39, 0.29) is 22.6 Å². The maximum absolute atomic E-state index is 10.8.